The molecule has 0 saturated carbocycles. The Morgan fingerprint density at radius 1 is 1.44 bits per heavy atom. The molecule has 1 saturated heterocycles. The molecule has 2 N–H and O–H groups in total. The van der Waals surface area contributed by atoms with E-state index in [1.54, 1.807) is 0 Å². The van der Waals surface area contributed by atoms with Crippen LogP contribution in [0.4, 0.5) is 5.82 Å². The van der Waals surface area contributed by atoms with Crippen LogP contribution in [0.15, 0.2) is 6.07 Å². The molecule has 4 heteroatoms. The molecule has 16 heavy (non-hydrogen) atoms. The van der Waals surface area contributed by atoms with Gasteiger partial charge in [-0.15, -0.1) is 0 Å². The molecule has 1 aromatic rings. The second-order valence-corrected chi connectivity index (χ2v) is 4.45. The third kappa shape index (κ3) is 3.17. The van der Waals surface area contributed by atoms with Gasteiger partial charge in [-0.3, -0.25) is 0 Å². The Balaban J connectivity index is 1.80. The predicted octanol–water partition coefficient (Wildman–Crippen LogP) is 1.65. The van der Waals surface area contributed by atoms with E-state index in [1.807, 2.05) is 19.9 Å². The minimum atomic E-state index is 0.691. The quantitative estimate of drug-likeness (QED) is 0.810. The minimum Gasteiger partial charge on any atom is -0.370 e. The van der Waals surface area contributed by atoms with Crippen molar-refractivity contribution in [3.05, 3.63) is 17.6 Å². The summed E-state index contributed by atoms with van der Waals surface area (Å²) in [5, 5.41) is 6.85. The van der Waals surface area contributed by atoms with Crippen molar-refractivity contribution in [1.82, 2.24) is 15.3 Å². The topological polar surface area (TPSA) is 49.8 Å². The number of aromatic nitrogens is 2. The molecular weight excluding hydrogens is 200 g/mol. The van der Waals surface area contributed by atoms with Crippen LogP contribution >= 0.6 is 0 Å². The highest BCUT2D eigenvalue weighted by Gasteiger charge is 2.12. The molecule has 0 bridgehead atoms. The van der Waals surface area contributed by atoms with Crippen LogP contribution in [-0.4, -0.2) is 29.1 Å². The summed E-state index contributed by atoms with van der Waals surface area (Å²) < 4.78 is 0. The van der Waals surface area contributed by atoms with Crippen molar-refractivity contribution in [2.75, 3.05) is 18.4 Å². The first-order valence-corrected chi connectivity index (χ1v) is 6.03. The fourth-order valence-corrected chi connectivity index (χ4v) is 2.19. The van der Waals surface area contributed by atoms with Gasteiger partial charge in [-0.25, -0.2) is 9.97 Å². The second-order valence-electron chi connectivity index (χ2n) is 4.45. The summed E-state index contributed by atoms with van der Waals surface area (Å²) in [5.74, 6) is 1.78. The fraction of sp³-hybridized carbons (Fsp3) is 0.667. The number of rotatable bonds is 4. The lowest BCUT2D eigenvalue weighted by molar-refractivity contribution is 0.574. The van der Waals surface area contributed by atoms with Crippen molar-refractivity contribution in [3.63, 3.8) is 0 Å². The van der Waals surface area contributed by atoms with Gasteiger partial charge in [0.15, 0.2) is 0 Å². The maximum absolute atomic E-state index is 4.36. The Labute approximate surface area is 96.9 Å². The summed E-state index contributed by atoms with van der Waals surface area (Å²) in [6, 6.07) is 2.69. The van der Waals surface area contributed by atoms with Gasteiger partial charge in [-0.2, -0.15) is 0 Å². The normalized spacial score (nSPS) is 20.0. The third-order valence-corrected chi connectivity index (χ3v) is 2.93. The molecule has 0 aliphatic carbocycles. The predicted molar refractivity (Wildman–Crippen MR) is 65.6 cm³/mol. The van der Waals surface area contributed by atoms with Crippen LogP contribution in [0.3, 0.4) is 0 Å². The smallest absolute Gasteiger partial charge is 0.129 e. The molecule has 1 unspecified atom stereocenters. The van der Waals surface area contributed by atoms with Crippen LogP contribution in [0, 0.1) is 13.8 Å². The van der Waals surface area contributed by atoms with Gasteiger partial charge in [0, 0.05) is 24.3 Å². The Kier molecular flexibility index (Phi) is 3.72. The lowest BCUT2D eigenvalue weighted by Gasteiger charge is -2.11. The van der Waals surface area contributed by atoms with Crippen molar-refractivity contribution in [3.8, 4) is 0 Å². The first-order chi connectivity index (χ1) is 7.74. The van der Waals surface area contributed by atoms with Crippen LogP contribution < -0.4 is 10.6 Å². The Bertz CT molecular complexity index is 325. The van der Waals surface area contributed by atoms with E-state index < -0.39 is 0 Å². The Morgan fingerprint density at radius 2 is 2.31 bits per heavy atom. The fourth-order valence-electron chi connectivity index (χ4n) is 2.19. The molecule has 1 aromatic heterocycles. The van der Waals surface area contributed by atoms with Crippen LogP contribution in [0.5, 0.6) is 0 Å². The highest BCUT2D eigenvalue weighted by Crippen LogP contribution is 2.10. The van der Waals surface area contributed by atoms with Gasteiger partial charge in [-0.05, 0) is 39.7 Å². The van der Waals surface area contributed by atoms with Gasteiger partial charge in [0.1, 0.15) is 11.6 Å². The highest BCUT2D eigenvalue weighted by molar-refractivity contribution is 5.35. The molecule has 0 spiro atoms. The lowest BCUT2D eigenvalue weighted by atomic mass is 10.1. The molecule has 1 aliphatic rings. The van der Waals surface area contributed by atoms with E-state index in [0.29, 0.717) is 6.04 Å². The molecule has 2 heterocycles. The van der Waals surface area contributed by atoms with Gasteiger partial charge < -0.3 is 10.6 Å². The lowest BCUT2D eigenvalue weighted by Crippen LogP contribution is -2.24. The zero-order chi connectivity index (χ0) is 11.4. The maximum Gasteiger partial charge on any atom is 0.129 e. The number of nitrogens with zero attached hydrogens (tertiary/aromatic N) is 2. The average Bonchev–Trinajstić information content (AvgIpc) is 2.69. The summed E-state index contributed by atoms with van der Waals surface area (Å²) >= 11 is 0. The minimum absolute atomic E-state index is 0.691. The van der Waals surface area contributed by atoms with Gasteiger partial charge in [0.2, 0.25) is 0 Å². The van der Waals surface area contributed by atoms with Gasteiger partial charge in [0.05, 0.1) is 0 Å². The van der Waals surface area contributed by atoms with E-state index in [-0.39, 0.29) is 0 Å². The molecule has 88 valence electrons. The monoisotopic (exact) mass is 220 g/mol. The van der Waals surface area contributed by atoms with Crippen molar-refractivity contribution in [2.24, 2.45) is 0 Å². The maximum atomic E-state index is 4.36. The van der Waals surface area contributed by atoms with Gasteiger partial charge in [-0.1, -0.05) is 0 Å². The molecule has 2 rings (SSSR count). The Hall–Kier alpha value is -1.16. The van der Waals surface area contributed by atoms with E-state index in [0.717, 1.165) is 23.9 Å². The van der Waals surface area contributed by atoms with Crippen LogP contribution in [0.1, 0.15) is 30.8 Å². The largest absolute Gasteiger partial charge is 0.370 e. The number of hydrogen-bond donors (Lipinski definition) is 2. The number of anilines is 1. The molecule has 0 aromatic carbocycles. The van der Waals surface area contributed by atoms with Crippen LogP contribution in [-0.2, 0) is 0 Å². The van der Waals surface area contributed by atoms with E-state index in [2.05, 4.69) is 20.6 Å². The summed E-state index contributed by atoms with van der Waals surface area (Å²) in [5.41, 5.74) is 1.02. The summed E-state index contributed by atoms with van der Waals surface area (Å²) in [6.07, 6.45) is 3.79. The molecule has 0 amide bonds. The zero-order valence-electron chi connectivity index (χ0n) is 10.1. The van der Waals surface area contributed by atoms with E-state index in [1.165, 1.54) is 25.8 Å². The van der Waals surface area contributed by atoms with Crippen molar-refractivity contribution in [1.29, 1.82) is 0 Å². The van der Waals surface area contributed by atoms with Crippen molar-refractivity contribution < 1.29 is 0 Å². The van der Waals surface area contributed by atoms with Gasteiger partial charge in [0.25, 0.3) is 0 Å². The van der Waals surface area contributed by atoms with Gasteiger partial charge >= 0.3 is 0 Å². The van der Waals surface area contributed by atoms with E-state index in [9.17, 15) is 0 Å². The third-order valence-electron chi connectivity index (χ3n) is 2.93. The number of hydrogen-bond acceptors (Lipinski definition) is 4. The SMILES string of the molecule is Cc1cc(NCCC2CCCN2)nc(C)n1. The molecule has 1 fully saturated rings. The highest BCUT2D eigenvalue weighted by atomic mass is 15.0. The van der Waals surface area contributed by atoms with E-state index >= 15 is 0 Å². The summed E-state index contributed by atoms with van der Waals surface area (Å²) in [6.45, 7) is 6.08. The zero-order valence-corrected chi connectivity index (χ0v) is 10.1. The van der Waals surface area contributed by atoms with Crippen molar-refractivity contribution in [2.45, 2.75) is 39.2 Å². The first kappa shape index (κ1) is 11.3. The standard InChI is InChI=1S/C12H20N4/c1-9-8-12(16-10(2)15-9)14-7-5-11-4-3-6-13-11/h8,11,13H,3-7H2,1-2H3,(H,14,15,16). The van der Waals surface area contributed by atoms with E-state index in [4.69, 9.17) is 0 Å². The average molecular weight is 220 g/mol. The molecule has 1 atom stereocenters. The van der Waals surface area contributed by atoms with Crippen LogP contribution in [0.2, 0.25) is 0 Å². The number of aryl methyl sites for hydroxylation is 2. The first-order valence-electron chi connectivity index (χ1n) is 6.03. The molecule has 1 aliphatic heterocycles. The molecule has 0 radical (unpaired) electrons. The van der Waals surface area contributed by atoms with Crippen LogP contribution in [0.25, 0.3) is 0 Å². The number of nitrogens with one attached hydrogen (secondary N) is 2. The summed E-state index contributed by atoms with van der Waals surface area (Å²) in [7, 11) is 0. The molecule has 4 nitrogen and oxygen atoms in total. The Morgan fingerprint density at radius 3 is 3.00 bits per heavy atom. The summed E-state index contributed by atoms with van der Waals surface area (Å²) in [4.78, 5) is 8.61. The van der Waals surface area contributed by atoms with Crippen molar-refractivity contribution >= 4 is 5.82 Å². The molecular formula is C12H20N4. The second kappa shape index (κ2) is 5.25.